The first-order valence-corrected chi connectivity index (χ1v) is 7.22. The number of hydrogen-bond acceptors (Lipinski definition) is 2. The maximum Gasteiger partial charge on any atom is 0.131 e. The van der Waals surface area contributed by atoms with Gasteiger partial charge in [0.2, 0.25) is 0 Å². The number of benzene rings is 2. The van der Waals surface area contributed by atoms with Crippen molar-refractivity contribution in [1.82, 2.24) is 0 Å². The number of nitrogens with two attached hydrogens (primary N) is 1. The average molecular weight is 375 g/mol. The quantitative estimate of drug-likeness (QED) is 0.803. The van der Waals surface area contributed by atoms with Crippen molar-refractivity contribution in [2.45, 2.75) is 6.61 Å². The van der Waals surface area contributed by atoms with Gasteiger partial charge in [-0.05, 0) is 24.3 Å². The summed E-state index contributed by atoms with van der Waals surface area (Å²) in [7, 11) is 0. The molecule has 2 rings (SSSR count). The Morgan fingerprint density at radius 1 is 1.35 bits per heavy atom. The van der Waals surface area contributed by atoms with Crippen molar-refractivity contribution in [3.63, 3.8) is 0 Å². The van der Waals surface area contributed by atoms with Gasteiger partial charge in [-0.25, -0.2) is 4.39 Å². The van der Waals surface area contributed by atoms with Gasteiger partial charge in [-0.2, -0.15) is 0 Å². The van der Waals surface area contributed by atoms with Gasteiger partial charge in [0, 0.05) is 10.0 Å². The second kappa shape index (κ2) is 6.52. The van der Waals surface area contributed by atoms with Crippen molar-refractivity contribution < 1.29 is 9.13 Å². The van der Waals surface area contributed by atoms with E-state index in [9.17, 15) is 4.39 Å². The smallest absolute Gasteiger partial charge is 0.131 e. The van der Waals surface area contributed by atoms with Crippen LogP contribution in [0, 0.1) is 5.82 Å². The fraction of sp³-hybridized carbons (Fsp3) is 0.0714. The van der Waals surface area contributed by atoms with Crippen LogP contribution in [0.3, 0.4) is 0 Å². The lowest BCUT2D eigenvalue weighted by Gasteiger charge is -2.12. The first kappa shape index (κ1) is 15.2. The molecule has 2 aromatic carbocycles. The summed E-state index contributed by atoms with van der Waals surface area (Å²) in [4.78, 5) is 0.170. The molecule has 0 spiro atoms. The van der Waals surface area contributed by atoms with Crippen LogP contribution in [-0.2, 0) is 6.61 Å². The summed E-state index contributed by atoms with van der Waals surface area (Å²) in [6.45, 7) is 0.247. The molecule has 2 nitrogen and oxygen atoms in total. The summed E-state index contributed by atoms with van der Waals surface area (Å²) in [6, 6.07) is 9.57. The van der Waals surface area contributed by atoms with Gasteiger partial charge in [0.1, 0.15) is 23.2 Å². The lowest BCUT2D eigenvalue weighted by molar-refractivity contribution is 0.305. The average Bonchev–Trinajstić information content (AvgIpc) is 2.37. The van der Waals surface area contributed by atoms with Gasteiger partial charge >= 0.3 is 0 Å². The number of ether oxygens (including phenoxy) is 1. The summed E-state index contributed by atoms with van der Waals surface area (Å²) in [6.07, 6.45) is 0. The Labute approximate surface area is 134 Å². The lowest BCUT2D eigenvalue weighted by Crippen LogP contribution is -2.12. The van der Waals surface area contributed by atoms with Crippen LogP contribution in [0.2, 0.25) is 5.02 Å². The Balaban J connectivity index is 2.23. The molecule has 0 aliphatic carbocycles. The van der Waals surface area contributed by atoms with Crippen molar-refractivity contribution in [2.24, 2.45) is 5.73 Å². The Morgan fingerprint density at radius 2 is 2.10 bits per heavy atom. The molecule has 0 saturated carbocycles. The van der Waals surface area contributed by atoms with E-state index in [1.165, 1.54) is 12.1 Å². The first-order valence-electron chi connectivity index (χ1n) is 5.64. The van der Waals surface area contributed by atoms with E-state index in [2.05, 4.69) is 15.9 Å². The van der Waals surface area contributed by atoms with E-state index in [1.54, 1.807) is 24.3 Å². The molecule has 2 N–H and O–H groups in total. The third-order valence-electron chi connectivity index (χ3n) is 2.62. The van der Waals surface area contributed by atoms with Gasteiger partial charge in [0.05, 0.1) is 10.6 Å². The van der Waals surface area contributed by atoms with Crippen molar-refractivity contribution >= 4 is 44.7 Å². The summed E-state index contributed by atoms with van der Waals surface area (Å²) in [5.41, 5.74) is 6.95. The summed E-state index contributed by atoms with van der Waals surface area (Å²) < 4.78 is 19.3. The van der Waals surface area contributed by atoms with Crippen LogP contribution in [-0.4, -0.2) is 4.99 Å². The van der Waals surface area contributed by atoms with Gasteiger partial charge < -0.3 is 10.5 Å². The van der Waals surface area contributed by atoms with Gasteiger partial charge in [0.15, 0.2) is 0 Å². The number of halogens is 3. The number of hydrogen-bond donors (Lipinski definition) is 1. The minimum atomic E-state index is -0.313. The zero-order chi connectivity index (χ0) is 14.7. The maximum atomic E-state index is 13.0. The highest BCUT2D eigenvalue weighted by Gasteiger charge is 2.11. The molecule has 6 heteroatoms. The molecule has 0 aromatic heterocycles. The molecule has 0 atom stereocenters. The molecule has 0 saturated heterocycles. The van der Waals surface area contributed by atoms with Crippen LogP contribution >= 0.6 is 39.7 Å². The van der Waals surface area contributed by atoms with E-state index in [0.717, 1.165) is 5.56 Å². The third kappa shape index (κ3) is 3.48. The van der Waals surface area contributed by atoms with E-state index in [1.807, 2.05) is 0 Å². The predicted octanol–water partition coefficient (Wildman–Crippen LogP) is 4.45. The summed E-state index contributed by atoms with van der Waals surface area (Å²) in [5, 5.41) is 0.438. The van der Waals surface area contributed by atoms with Crippen LogP contribution in [0.4, 0.5) is 4.39 Å². The highest BCUT2D eigenvalue weighted by Crippen LogP contribution is 2.28. The molecule has 20 heavy (non-hydrogen) atoms. The van der Waals surface area contributed by atoms with Crippen molar-refractivity contribution in [1.29, 1.82) is 0 Å². The second-order valence-electron chi connectivity index (χ2n) is 4.00. The molecule has 0 aliphatic rings. The maximum absolute atomic E-state index is 13.0. The molecular weight excluding hydrogens is 365 g/mol. The Bertz CT molecular complexity index is 666. The minimum absolute atomic E-state index is 0.170. The zero-order valence-corrected chi connectivity index (χ0v) is 13.4. The van der Waals surface area contributed by atoms with Crippen LogP contribution in [0.5, 0.6) is 5.75 Å². The molecule has 0 unspecified atom stereocenters. The molecular formula is C14H10BrClFNOS. The molecule has 0 fully saturated rings. The molecule has 0 aliphatic heterocycles. The highest BCUT2D eigenvalue weighted by atomic mass is 79.9. The van der Waals surface area contributed by atoms with Crippen LogP contribution in [0.1, 0.15) is 11.1 Å². The standard InChI is InChI=1S/C14H10BrClFNOS/c15-10-6-9(17)5-4-8(10)7-19-12-3-1-2-11(16)13(12)14(18)20/h1-6H,7H2,(H2,18,20). The van der Waals surface area contributed by atoms with E-state index in [-0.39, 0.29) is 17.4 Å². The van der Waals surface area contributed by atoms with Gasteiger partial charge in [-0.15, -0.1) is 0 Å². The van der Waals surface area contributed by atoms with E-state index >= 15 is 0 Å². The molecule has 0 amide bonds. The van der Waals surface area contributed by atoms with E-state index < -0.39 is 0 Å². The summed E-state index contributed by atoms with van der Waals surface area (Å²) in [5.74, 6) is 0.188. The normalized spacial score (nSPS) is 10.3. The second-order valence-corrected chi connectivity index (χ2v) is 5.70. The Morgan fingerprint density at radius 3 is 2.75 bits per heavy atom. The fourth-order valence-electron chi connectivity index (χ4n) is 1.66. The molecule has 0 radical (unpaired) electrons. The van der Waals surface area contributed by atoms with Gasteiger partial charge in [-0.3, -0.25) is 0 Å². The van der Waals surface area contributed by atoms with Crippen LogP contribution < -0.4 is 10.5 Å². The van der Waals surface area contributed by atoms with E-state index in [0.29, 0.717) is 20.8 Å². The summed E-state index contributed by atoms with van der Waals surface area (Å²) >= 11 is 14.3. The Hall–Kier alpha value is -1.17. The predicted molar refractivity (Wildman–Crippen MR) is 85.8 cm³/mol. The Kier molecular flexibility index (Phi) is 4.96. The largest absolute Gasteiger partial charge is 0.488 e. The number of thiocarbonyl (C=S) groups is 1. The topological polar surface area (TPSA) is 35.2 Å². The SMILES string of the molecule is NC(=S)c1c(Cl)cccc1OCc1ccc(F)cc1Br. The van der Waals surface area contributed by atoms with Crippen molar-refractivity contribution in [3.05, 3.63) is 62.8 Å². The zero-order valence-electron chi connectivity index (χ0n) is 10.2. The third-order valence-corrected chi connectivity index (χ3v) is 3.88. The van der Waals surface area contributed by atoms with Crippen molar-refractivity contribution in [2.75, 3.05) is 0 Å². The first-order chi connectivity index (χ1) is 9.49. The van der Waals surface area contributed by atoms with Crippen LogP contribution in [0.15, 0.2) is 40.9 Å². The molecule has 104 valence electrons. The highest BCUT2D eigenvalue weighted by molar-refractivity contribution is 9.10. The lowest BCUT2D eigenvalue weighted by atomic mass is 10.2. The molecule has 0 heterocycles. The monoisotopic (exact) mass is 373 g/mol. The van der Waals surface area contributed by atoms with Crippen LogP contribution in [0.25, 0.3) is 0 Å². The van der Waals surface area contributed by atoms with Crippen molar-refractivity contribution in [3.8, 4) is 5.75 Å². The van der Waals surface area contributed by atoms with Gasteiger partial charge in [0.25, 0.3) is 0 Å². The number of rotatable bonds is 4. The fourth-order valence-corrected chi connectivity index (χ4v) is 2.66. The van der Waals surface area contributed by atoms with E-state index in [4.69, 9.17) is 34.3 Å². The molecule has 0 bridgehead atoms. The minimum Gasteiger partial charge on any atom is -0.488 e. The van der Waals surface area contributed by atoms with Gasteiger partial charge in [-0.1, -0.05) is 51.9 Å². The molecule has 2 aromatic rings.